The summed E-state index contributed by atoms with van der Waals surface area (Å²) < 4.78 is 45.7. The van der Waals surface area contributed by atoms with Crippen molar-refractivity contribution >= 4 is 41.7 Å². The Morgan fingerprint density at radius 2 is 1.48 bits per heavy atom. The number of ether oxygens (including phenoxy) is 2. The summed E-state index contributed by atoms with van der Waals surface area (Å²) in [6.07, 6.45) is -4.90. The van der Waals surface area contributed by atoms with Crippen LogP contribution in [0.3, 0.4) is 0 Å². The molecule has 2 rings (SSSR count). The van der Waals surface area contributed by atoms with Crippen molar-refractivity contribution < 1.29 is 27.4 Å². The monoisotopic (exact) mass is 552 g/mol. The van der Waals surface area contributed by atoms with E-state index in [1.54, 1.807) is 31.3 Å². The minimum Gasteiger partial charge on any atom is -0.484 e. The van der Waals surface area contributed by atoms with Gasteiger partial charge in [-0.15, -0.1) is 24.0 Å². The summed E-state index contributed by atoms with van der Waals surface area (Å²) in [6, 6.07) is 13.6. The van der Waals surface area contributed by atoms with Gasteiger partial charge in [-0.2, -0.15) is 13.2 Å². The van der Waals surface area contributed by atoms with Crippen LogP contribution in [-0.2, 0) is 17.8 Å². The van der Waals surface area contributed by atoms with Crippen molar-refractivity contribution in [2.75, 3.05) is 26.1 Å². The van der Waals surface area contributed by atoms with Gasteiger partial charge in [-0.1, -0.05) is 24.3 Å². The summed E-state index contributed by atoms with van der Waals surface area (Å²) >= 11 is 0. The van der Waals surface area contributed by atoms with Gasteiger partial charge in [0.2, 0.25) is 0 Å². The fourth-order valence-corrected chi connectivity index (χ4v) is 2.34. The van der Waals surface area contributed by atoms with Crippen LogP contribution >= 0.6 is 24.0 Å². The van der Waals surface area contributed by atoms with Gasteiger partial charge in [0.05, 0.1) is 7.11 Å². The summed E-state index contributed by atoms with van der Waals surface area (Å²) in [5, 5.41) is 8.84. The molecule has 0 heterocycles. The van der Waals surface area contributed by atoms with Gasteiger partial charge in [0.15, 0.2) is 12.6 Å². The molecule has 0 unspecified atom stereocenters. The van der Waals surface area contributed by atoms with Crippen LogP contribution in [0.1, 0.15) is 11.1 Å². The number of halogens is 4. The highest BCUT2D eigenvalue weighted by Crippen LogP contribution is 2.18. The molecule has 0 aliphatic carbocycles. The summed E-state index contributed by atoms with van der Waals surface area (Å²) in [6.45, 7) is -0.384. The number of amides is 1. The van der Waals surface area contributed by atoms with Gasteiger partial charge >= 0.3 is 12.3 Å². The van der Waals surface area contributed by atoms with Gasteiger partial charge in [-0.25, -0.2) is 4.79 Å². The third kappa shape index (κ3) is 10.2. The first-order valence-corrected chi connectivity index (χ1v) is 8.96. The molecule has 0 fully saturated rings. The quantitative estimate of drug-likeness (QED) is 0.271. The zero-order chi connectivity index (χ0) is 22.0. The second-order valence-electron chi connectivity index (χ2n) is 6.14. The molecule has 0 aliphatic heterocycles. The van der Waals surface area contributed by atoms with Crippen LogP contribution in [0, 0.1) is 0 Å². The maximum atomic E-state index is 12.2. The zero-order valence-corrected chi connectivity index (χ0v) is 19.3. The van der Waals surface area contributed by atoms with E-state index in [0.29, 0.717) is 24.7 Å². The Balaban J connectivity index is 0.00000480. The Morgan fingerprint density at radius 3 is 1.94 bits per heavy atom. The Bertz CT molecular complexity index is 844. The van der Waals surface area contributed by atoms with E-state index in [1.807, 2.05) is 12.1 Å². The molecule has 0 saturated carbocycles. The van der Waals surface area contributed by atoms with Gasteiger partial charge in [0, 0.05) is 25.8 Å². The van der Waals surface area contributed by atoms with Crippen LogP contribution in [0.2, 0.25) is 0 Å². The highest BCUT2D eigenvalue weighted by Gasteiger charge is 2.28. The number of guanidine groups is 1. The van der Waals surface area contributed by atoms with Crippen molar-refractivity contribution in [1.82, 2.24) is 10.6 Å². The van der Waals surface area contributed by atoms with Crippen LogP contribution in [0.15, 0.2) is 53.5 Å². The summed E-state index contributed by atoms with van der Waals surface area (Å²) in [7, 11) is 2.93. The lowest BCUT2D eigenvalue weighted by atomic mass is 10.2. The van der Waals surface area contributed by atoms with Crippen molar-refractivity contribution in [1.29, 1.82) is 0 Å². The van der Waals surface area contributed by atoms with E-state index in [1.165, 1.54) is 19.2 Å². The number of methoxy groups -OCH3 is 1. The average molecular weight is 552 g/mol. The normalized spacial score (nSPS) is 11.2. The molecule has 11 heteroatoms. The fraction of sp³-hybridized carbons (Fsp3) is 0.300. The molecule has 2 aromatic rings. The molecule has 170 valence electrons. The fourth-order valence-electron chi connectivity index (χ4n) is 2.34. The summed E-state index contributed by atoms with van der Waals surface area (Å²) in [5.74, 6) is 0.716. The lowest BCUT2D eigenvalue weighted by Crippen LogP contribution is -2.36. The number of aliphatic imine (C=N–C) groups is 1. The SMILES string of the molecule is CN=C(NCc1ccc(NC(=O)OC)cc1)NCc1ccc(OCC(F)(F)F)cc1.I. The lowest BCUT2D eigenvalue weighted by molar-refractivity contribution is -0.153. The molecule has 0 saturated heterocycles. The van der Waals surface area contributed by atoms with E-state index in [2.05, 4.69) is 30.4 Å². The predicted molar refractivity (Wildman–Crippen MR) is 123 cm³/mol. The number of nitrogens with one attached hydrogen (secondary N) is 3. The molecule has 7 nitrogen and oxygen atoms in total. The zero-order valence-electron chi connectivity index (χ0n) is 17.0. The highest BCUT2D eigenvalue weighted by molar-refractivity contribution is 14.0. The summed E-state index contributed by atoms with van der Waals surface area (Å²) in [4.78, 5) is 15.3. The molecule has 3 N–H and O–H groups in total. The second kappa shape index (κ2) is 12.9. The predicted octanol–water partition coefficient (Wildman–Crippen LogP) is 4.29. The number of carbonyl (C=O) groups excluding carboxylic acids is 1. The Morgan fingerprint density at radius 1 is 0.968 bits per heavy atom. The number of anilines is 1. The standard InChI is InChI=1S/C20H23F3N4O3.HI/c1-24-18(25-11-14-3-7-16(8-4-14)27-19(28)29-2)26-12-15-5-9-17(10-6-15)30-13-20(21,22)23;/h3-10H,11-13H2,1-2H3,(H,27,28)(H2,24,25,26);1H. The molecule has 31 heavy (non-hydrogen) atoms. The maximum Gasteiger partial charge on any atom is 0.422 e. The maximum absolute atomic E-state index is 12.2. The molecule has 0 aromatic heterocycles. The van der Waals surface area contributed by atoms with Crippen LogP contribution in [0.4, 0.5) is 23.7 Å². The molecular formula is C20H24F3IN4O3. The van der Waals surface area contributed by atoms with E-state index < -0.39 is 18.9 Å². The van der Waals surface area contributed by atoms with Gasteiger partial charge < -0.3 is 20.1 Å². The second-order valence-corrected chi connectivity index (χ2v) is 6.14. The number of nitrogens with zero attached hydrogens (tertiary/aromatic N) is 1. The van der Waals surface area contributed by atoms with E-state index in [9.17, 15) is 18.0 Å². The number of alkyl halides is 3. The Kier molecular flexibility index (Phi) is 10.9. The van der Waals surface area contributed by atoms with E-state index in [-0.39, 0.29) is 29.7 Å². The highest BCUT2D eigenvalue weighted by atomic mass is 127. The van der Waals surface area contributed by atoms with Crippen LogP contribution < -0.4 is 20.7 Å². The minimum atomic E-state index is -4.36. The topological polar surface area (TPSA) is 84.0 Å². The molecule has 1 amide bonds. The van der Waals surface area contributed by atoms with Crippen molar-refractivity contribution in [3.63, 3.8) is 0 Å². The molecule has 0 bridgehead atoms. The summed E-state index contributed by atoms with van der Waals surface area (Å²) in [5.41, 5.74) is 2.45. The van der Waals surface area contributed by atoms with Gasteiger partial charge in [0.1, 0.15) is 5.75 Å². The van der Waals surface area contributed by atoms with Crippen LogP contribution in [0.25, 0.3) is 0 Å². The smallest absolute Gasteiger partial charge is 0.422 e. The van der Waals surface area contributed by atoms with E-state index >= 15 is 0 Å². The first-order valence-electron chi connectivity index (χ1n) is 8.96. The number of hydrogen-bond acceptors (Lipinski definition) is 4. The van der Waals surface area contributed by atoms with E-state index in [4.69, 9.17) is 0 Å². The van der Waals surface area contributed by atoms with Crippen molar-refractivity contribution in [2.45, 2.75) is 19.3 Å². The molecule has 0 spiro atoms. The third-order valence-electron chi connectivity index (χ3n) is 3.86. The van der Waals surface area contributed by atoms with E-state index in [0.717, 1.165) is 11.1 Å². The molecule has 0 aliphatic rings. The number of hydrogen-bond donors (Lipinski definition) is 3. The number of benzene rings is 2. The van der Waals surface area contributed by atoms with Crippen molar-refractivity contribution in [3.05, 3.63) is 59.7 Å². The first kappa shape index (κ1) is 26.3. The van der Waals surface area contributed by atoms with Crippen molar-refractivity contribution in [3.8, 4) is 5.75 Å². The lowest BCUT2D eigenvalue weighted by Gasteiger charge is -2.13. The Labute approximate surface area is 195 Å². The molecule has 2 aromatic carbocycles. The average Bonchev–Trinajstić information content (AvgIpc) is 2.73. The minimum absolute atomic E-state index is 0. The Hall–Kier alpha value is -2.70. The van der Waals surface area contributed by atoms with Gasteiger partial charge in [-0.3, -0.25) is 10.3 Å². The number of carbonyl (C=O) groups is 1. The van der Waals surface area contributed by atoms with Gasteiger partial charge in [-0.05, 0) is 35.4 Å². The van der Waals surface area contributed by atoms with Crippen LogP contribution in [-0.4, -0.2) is 39.0 Å². The van der Waals surface area contributed by atoms with Gasteiger partial charge in [0.25, 0.3) is 0 Å². The molecule has 0 atom stereocenters. The molecule has 0 radical (unpaired) electrons. The molecular weight excluding hydrogens is 528 g/mol. The largest absolute Gasteiger partial charge is 0.484 e. The van der Waals surface area contributed by atoms with Crippen molar-refractivity contribution in [2.24, 2.45) is 4.99 Å². The van der Waals surface area contributed by atoms with Crippen LogP contribution in [0.5, 0.6) is 5.75 Å². The number of rotatable bonds is 7. The third-order valence-corrected chi connectivity index (χ3v) is 3.86. The first-order chi connectivity index (χ1) is 14.3.